The average molecular weight is 339 g/mol. The van der Waals surface area contributed by atoms with Gasteiger partial charge in [-0.1, -0.05) is 12.1 Å². The van der Waals surface area contributed by atoms with E-state index in [9.17, 15) is 9.90 Å². The van der Waals surface area contributed by atoms with Crippen LogP contribution < -0.4 is 0 Å². The van der Waals surface area contributed by atoms with Gasteiger partial charge >= 0.3 is 0 Å². The van der Waals surface area contributed by atoms with Gasteiger partial charge < -0.3 is 10.0 Å². The predicted molar refractivity (Wildman–Crippen MR) is 96.6 cm³/mol. The molecular weight excluding hydrogens is 314 g/mol. The number of likely N-dealkylation sites (tertiary alicyclic amines) is 1. The molecule has 1 aromatic carbocycles. The van der Waals surface area contributed by atoms with Crippen LogP contribution in [-0.4, -0.2) is 38.5 Å². The maximum atomic E-state index is 13.0. The molecule has 0 radical (unpaired) electrons. The summed E-state index contributed by atoms with van der Waals surface area (Å²) in [4.78, 5) is 23.6. The van der Waals surface area contributed by atoms with Crippen molar-refractivity contribution in [3.05, 3.63) is 53.1 Å². The number of carbonyl (C=O) groups is 1. The molecular formula is C20H25N3O2. The van der Waals surface area contributed by atoms with Crippen LogP contribution in [0.5, 0.6) is 5.75 Å². The molecule has 0 spiro atoms. The number of rotatable bonds is 4. The smallest absolute Gasteiger partial charge is 0.257 e. The zero-order valence-corrected chi connectivity index (χ0v) is 14.9. The lowest BCUT2D eigenvalue weighted by Crippen LogP contribution is -2.44. The lowest BCUT2D eigenvalue weighted by Gasteiger charge is -2.36. The topological polar surface area (TPSA) is 66.3 Å². The van der Waals surface area contributed by atoms with Crippen LogP contribution in [0.4, 0.5) is 0 Å². The third-order valence-electron chi connectivity index (χ3n) is 4.92. The lowest BCUT2D eigenvalue weighted by atomic mass is 9.95. The molecule has 1 N–H and O–H groups in total. The molecule has 3 rings (SSSR count). The van der Waals surface area contributed by atoms with Gasteiger partial charge in [0, 0.05) is 18.8 Å². The number of piperidine rings is 1. The van der Waals surface area contributed by atoms with E-state index in [-0.39, 0.29) is 17.7 Å². The standard InChI is InChI=1S/C20H25N3O2/c1-14-19(13-21-15(2)22-14)20(25)23-12-4-3-5-17(23)9-6-16-7-10-18(24)11-8-16/h7-8,10-11,13,17,24H,3-6,9,12H2,1-2H3/t17-/m0/s1. The maximum Gasteiger partial charge on any atom is 0.257 e. The van der Waals surface area contributed by atoms with Crippen molar-refractivity contribution in [3.8, 4) is 5.75 Å². The van der Waals surface area contributed by atoms with Crippen molar-refractivity contribution in [2.45, 2.75) is 52.0 Å². The summed E-state index contributed by atoms with van der Waals surface area (Å²) in [6, 6.07) is 7.57. The first-order chi connectivity index (χ1) is 12.0. The first-order valence-corrected chi connectivity index (χ1v) is 8.93. The number of phenolic OH excluding ortho intramolecular Hbond substituents is 1. The zero-order valence-electron chi connectivity index (χ0n) is 14.9. The summed E-state index contributed by atoms with van der Waals surface area (Å²) in [5.74, 6) is 1.03. The maximum absolute atomic E-state index is 13.0. The molecule has 132 valence electrons. The molecule has 1 fully saturated rings. The van der Waals surface area contributed by atoms with Crippen molar-refractivity contribution in [2.75, 3.05) is 6.54 Å². The third-order valence-corrected chi connectivity index (χ3v) is 4.92. The fourth-order valence-corrected chi connectivity index (χ4v) is 3.51. The fourth-order valence-electron chi connectivity index (χ4n) is 3.51. The first-order valence-electron chi connectivity index (χ1n) is 8.93. The second kappa shape index (κ2) is 7.64. The number of phenols is 1. The van der Waals surface area contributed by atoms with E-state index in [0.29, 0.717) is 11.4 Å². The second-order valence-corrected chi connectivity index (χ2v) is 6.77. The highest BCUT2D eigenvalue weighted by Gasteiger charge is 2.28. The number of benzene rings is 1. The Balaban J connectivity index is 1.71. The van der Waals surface area contributed by atoms with Gasteiger partial charge in [-0.25, -0.2) is 9.97 Å². The number of amides is 1. The number of nitrogens with zero attached hydrogens (tertiary/aromatic N) is 3. The molecule has 0 saturated carbocycles. The van der Waals surface area contributed by atoms with Gasteiger partial charge in [0.05, 0.1) is 11.3 Å². The number of carbonyl (C=O) groups excluding carboxylic acids is 1. The van der Waals surface area contributed by atoms with Crippen molar-refractivity contribution in [1.29, 1.82) is 0 Å². The summed E-state index contributed by atoms with van der Waals surface area (Å²) in [7, 11) is 0. The molecule has 0 aliphatic carbocycles. The Kier molecular flexibility index (Phi) is 5.31. The van der Waals surface area contributed by atoms with Gasteiger partial charge in [-0.15, -0.1) is 0 Å². The predicted octanol–water partition coefficient (Wildman–Crippen LogP) is 3.43. The van der Waals surface area contributed by atoms with Crippen molar-refractivity contribution in [3.63, 3.8) is 0 Å². The van der Waals surface area contributed by atoms with E-state index in [1.807, 2.05) is 30.9 Å². The molecule has 1 saturated heterocycles. The Morgan fingerprint density at radius 2 is 2.00 bits per heavy atom. The molecule has 25 heavy (non-hydrogen) atoms. The quantitative estimate of drug-likeness (QED) is 0.927. The Morgan fingerprint density at radius 1 is 1.24 bits per heavy atom. The van der Waals surface area contributed by atoms with Crippen LogP contribution in [-0.2, 0) is 6.42 Å². The van der Waals surface area contributed by atoms with Gasteiger partial charge in [0.15, 0.2) is 0 Å². The van der Waals surface area contributed by atoms with Gasteiger partial charge in [0.25, 0.3) is 5.91 Å². The molecule has 1 aromatic heterocycles. The van der Waals surface area contributed by atoms with E-state index < -0.39 is 0 Å². The third kappa shape index (κ3) is 4.16. The van der Waals surface area contributed by atoms with Crippen LogP contribution in [0.3, 0.4) is 0 Å². The zero-order chi connectivity index (χ0) is 17.8. The fraction of sp³-hybridized carbons (Fsp3) is 0.450. The Hall–Kier alpha value is -2.43. The summed E-state index contributed by atoms with van der Waals surface area (Å²) < 4.78 is 0. The van der Waals surface area contributed by atoms with E-state index in [0.717, 1.165) is 44.3 Å². The summed E-state index contributed by atoms with van der Waals surface area (Å²) >= 11 is 0. The molecule has 5 heteroatoms. The molecule has 2 aromatic rings. The van der Waals surface area contributed by atoms with Crippen molar-refractivity contribution >= 4 is 5.91 Å². The summed E-state index contributed by atoms with van der Waals surface area (Å²) in [5.41, 5.74) is 2.55. The first kappa shape index (κ1) is 17.4. The van der Waals surface area contributed by atoms with Crippen LogP contribution in [0.15, 0.2) is 30.5 Å². The van der Waals surface area contributed by atoms with Crippen molar-refractivity contribution in [1.82, 2.24) is 14.9 Å². The highest BCUT2D eigenvalue weighted by Crippen LogP contribution is 2.24. The summed E-state index contributed by atoms with van der Waals surface area (Å²) in [6.07, 6.45) is 6.74. The minimum absolute atomic E-state index is 0.0490. The van der Waals surface area contributed by atoms with Crippen LogP contribution in [0.1, 0.15) is 53.1 Å². The number of aromatic nitrogens is 2. The molecule has 1 amide bonds. The van der Waals surface area contributed by atoms with Gasteiger partial charge in [0.2, 0.25) is 0 Å². The summed E-state index contributed by atoms with van der Waals surface area (Å²) in [6.45, 7) is 4.51. The van der Waals surface area contributed by atoms with Crippen molar-refractivity contribution < 1.29 is 9.90 Å². The van der Waals surface area contributed by atoms with E-state index >= 15 is 0 Å². The highest BCUT2D eigenvalue weighted by atomic mass is 16.3. The normalized spacial score (nSPS) is 17.5. The van der Waals surface area contributed by atoms with Gasteiger partial charge in [-0.2, -0.15) is 0 Å². The van der Waals surface area contributed by atoms with Crippen LogP contribution in [0.25, 0.3) is 0 Å². The SMILES string of the molecule is Cc1ncc(C(=O)N2CCCC[C@H]2CCc2ccc(O)cc2)c(C)n1. The molecule has 5 nitrogen and oxygen atoms in total. The molecule has 1 atom stereocenters. The van der Waals surface area contributed by atoms with Crippen LogP contribution in [0.2, 0.25) is 0 Å². The molecule has 0 bridgehead atoms. The second-order valence-electron chi connectivity index (χ2n) is 6.77. The van der Waals surface area contributed by atoms with E-state index in [1.165, 1.54) is 5.56 Å². The molecule has 0 unspecified atom stereocenters. The number of aryl methyl sites for hydroxylation is 3. The Bertz CT molecular complexity index is 743. The number of hydrogen-bond acceptors (Lipinski definition) is 4. The molecule has 1 aliphatic heterocycles. The van der Waals surface area contributed by atoms with Gasteiger partial charge in [0.1, 0.15) is 11.6 Å². The van der Waals surface area contributed by atoms with Gasteiger partial charge in [-0.3, -0.25) is 4.79 Å². The average Bonchev–Trinajstić information content (AvgIpc) is 2.61. The molecule has 2 heterocycles. The van der Waals surface area contributed by atoms with Gasteiger partial charge in [-0.05, 0) is 63.6 Å². The Labute approximate surface area is 148 Å². The van der Waals surface area contributed by atoms with E-state index in [4.69, 9.17) is 0 Å². The monoisotopic (exact) mass is 339 g/mol. The van der Waals surface area contributed by atoms with E-state index in [1.54, 1.807) is 18.3 Å². The molecule has 1 aliphatic rings. The minimum atomic E-state index is 0.0490. The van der Waals surface area contributed by atoms with Crippen LogP contribution >= 0.6 is 0 Å². The lowest BCUT2D eigenvalue weighted by molar-refractivity contribution is 0.0600. The number of aromatic hydroxyl groups is 1. The minimum Gasteiger partial charge on any atom is -0.508 e. The largest absolute Gasteiger partial charge is 0.508 e. The summed E-state index contributed by atoms with van der Waals surface area (Å²) in [5, 5.41) is 9.40. The number of hydrogen-bond donors (Lipinski definition) is 1. The van der Waals surface area contributed by atoms with Crippen LogP contribution in [0, 0.1) is 13.8 Å². The Morgan fingerprint density at radius 3 is 2.72 bits per heavy atom. The highest BCUT2D eigenvalue weighted by molar-refractivity contribution is 5.95. The van der Waals surface area contributed by atoms with Crippen molar-refractivity contribution in [2.24, 2.45) is 0 Å². The van der Waals surface area contributed by atoms with E-state index in [2.05, 4.69) is 9.97 Å².